The van der Waals surface area contributed by atoms with Crippen LogP contribution in [0, 0.1) is 10.1 Å². The number of hydrogen-bond donors (Lipinski definition) is 0. The summed E-state index contributed by atoms with van der Waals surface area (Å²) >= 11 is 5.94. The molecule has 0 amide bonds. The van der Waals surface area contributed by atoms with Crippen LogP contribution in [0.1, 0.15) is 27.0 Å². The van der Waals surface area contributed by atoms with Crippen molar-refractivity contribution in [3.63, 3.8) is 0 Å². The van der Waals surface area contributed by atoms with E-state index in [2.05, 4.69) is 0 Å². The van der Waals surface area contributed by atoms with Gasteiger partial charge in [-0.1, -0.05) is 78.3 Å². The van der Waals surface area contributed by atoms with Gasteiger partial charge in [-0.15, -0.1) is 0 Å². The highest BCUT2D eigenvalue weighted by Gasteiger charge is 2.25. The number of sulfonamides is 1. The fraction of sp³-hybridized carbons (Fsp3) is 0.138. The molecular weight excluding hydrogens is 588 g/mol. The van der Waals surface area contributed by atoms with Crippen LogP contribution < -0.4 is 0 Å². The maximum atomic E-state index is 13.5. The summed E-state index contributed by atoms with van der Waals surface area (Å²) in [5.41, 5.74) is 1.49. The third-order valence-electron chi connectivity index (χ3n) is 6.15. The van der Waals surface area contributed by atoms with E-state index in [0.717, 1.165) is 11.6 Å². The predicted octanol–water partition coefficient (Wildman–Crippen LogP) is 5.44. The van der Waals surface area contributed by atoms with Gasteiger partial charge in [-0.3, -0.25) is 14.9 Å². The molecule has 0 spiro atoms. The van der Waals surface area contributed by atoms with Crippen molar-refractivity contribution >= 4 is 42.9 Å². The van der Waals surface area contributed by atoms with E-state index in [-0.39, 0.29) is 34.8 Å². The first kappa shape index (κ1) is 30.1. The van der Waals surface area contributed by atoms with Gasteiger partial charge in [0.25, 0.3) is 5.69 Å². The number of nitrogens with zero attached hydrogens (tertiary/aromatic N) is 2. The number of sulfone groups is 1. The molecule has 0 N–H and O–H groups in total. The van der Waals surface area contributed by atoms with E-state index in [9.17, 15) is 31.7 Å². The van der Waals surface area contributed by atoms with Crippen molar-refractivity contribution in [3.8, 4) is 0 Å². The van der Waals surface area contributed by atoms with Gasteiger partial charge in [0, 0.05) is 35.8 Å². The number of Topliss-reactive ketones (excluding diaryl/α,β-unsaturated/α-hetero) is 1. The van der Waals surface area contributed by atoms with Gasteiger partial charge in [0.15, 0.2) is 15.6 Å². The molecule has 0 atom stereocenters. The second-order valence-electron chi connectivity index (χ2n) is 9.29. The average Bonchev–Trinajstić information content (AvgIpc) is 2.93. The second kappa shape index (κ2) is 12.7. The molecule has 0 bridgehead atoms. The predicted molar refractivity (Wildman–Crippen MR) is 156 cm³/mol. The summed E-state index contributed by atoms with van der Waals surface area (Å²) in [5.74, 6) is -1.94. The Labute approximate surface area is 243 Å². The van der Waals surface area contributed by atoms with Crippen LogP contribution in [0.4, 0.5) is 5.69 Å². The van der Waals surface area contributed by atoms with Crippen LogP contribution in [-0.2, 0) is 38.7 Å². The third-order valence-corrected chi connectivity index (χ3v) is 9.68. The Kier molecular flexibility index (Phi) is 9.34. The molecule has 0 fully saturated rings. The molecule has 0 heterocycles. The van der Waals surface area contributed by atoms with Crippen molar-refractivity contribution in [3.05, 3.63) is 141 Å². The van der Waals surface area contributed by atoms with Crippen LogP contribution in [0.2, 0.25) is 5.02 Å². The zero-order valence-corrected chi connectivity index (χ0v) is 24.0. The molecule has 4 aromatic rings. The first-order chi connectivity index (χ1) is 19.4. The first-order valence-corrected chi connectivity index (χ1v) is 15.9. The minimum absolute atomic E-state index is 0.000585. The number of carbonyl (C=O) groups is 1. The van der Waals surface area contributed by atoms with E-state index in [1.807, 2.05) is 30.3 Å². The summed E-state index contributed by atoms with van der Waals surface area (Å²) in [4.78, 5) is 23.2. The van der Waals surface area contributed by atoms with Gasteiger partial charge in [0.2, 0.25) is 10.0 Å². The molecule has 41 heavy (non-hydrogen) atoms. The molecular formula is C29H25ClN2O7S2. The number of ketones is 1. The van der Waals surface area contributed by atoms with E-state index >= 15 is 0 Å². The number of nitro groups is 1. The van der Waals surface area contributed by atoms with Crippen molar-refractivity contribution in [2.24, 2.45) is 0 Å². The summed E-state index contributed by atoms with van der Waals surface area (Å²) in [5, 5.41) is 11.4. The fourth-order valence-electron chi connectivity index (χ4n) is 4.12. The summed E-state index contributed by atoms with van der Waals surface area (Å²) in [6.45, 7) is 0.0990. The summed E-state index contributed by atoms with van der Waals surface area (Å²) in [6, 6.07) is 26.3. The number of benzene rings is 4. The molecule has 4 aromatic carbocycles. The summed E-state index contributed by atoms with van der Waals surface area (Å²) in [7, 11) is -7.83. The molecule has 212 valence electrons. The zero-order chi connectivity index (χ0) is 29.6. The van der Waals surface area contributed by atoms with E-state index in [4.69, 9.17) is 11.6 Å². The SMILES string of the molecule is O=C(CS(=O)(=O)Cc1cccc([N+](=O)[O-])c1)c1ccc(CN(Cc2ccccc2)S(=O)(=O)c2ccc(Cl)cc2)cc1. The van der Waals surface area contributed by atoms with Crippen LogP contribution in [0.25, 0.3) is 0 Å². The molecule has 0 aliphatic carbocycles. The first-order valence-electron chi connectivity index (χ1n) is 12.3. The topological polar surface area (TPSA) is 132 Å². The Hall–Kier alpha value is -3.90. The van der Waals surface area contributed by atoms with E-state index in [1.165, 1.54) is 58.9 Å². The molecule has 0 aliphatic heterocycles. The molecule has 0 saturated carbocycles. The lowest BCUT2D eigenvalue weighted by atomic mass is 10.1. The monoisotopic (exact) mass is 612 g/mol. The maximum absolute atomic E-state index is 13.5. The Bertz CT molecular complexity index is 1760. The molecule has 0 aromatic heterocycles. The average molecular weight is 613 g/mol. The highest BCUT2D eigenvalue weighted by molar-refractivity contribution is 7.91. The second-order valence-corrected chi connectivity index (χ2v) is 13.7. The fourth-order valence-corrected chi connectivity index (χ4v) is 7.01. The largest absolute Gasteiger partial charge is 0.293 e. The van der Waals surface area contributed by atoms with E-state index < -0.39 is 42.1 Å². The number of hydrogen-bond acceptors (Lipinski definition) is 7. The number of halogens is 1. The highest BCUT2D eigenvalue weighted by Crippen LogP contribution is 2.23. The smallest absolute Gasteiger partial charge is 0.269 e. The van der Waals surface area contributed by atoms with Crippen molar-refractivity contribution in [2.75, 3.05) is 5.75 Å². The van der Waals surface area contributed by atoms with Gasteiger partial charge in [0.05, 0.1) is 15.6 Å². The lowest BCUT2D eigenvalue weighted by Gasteiger charge is -2.23. The molecule has 0 aliphatic rings. The number of nitro benzene ring substituents is 1. The number of carbonyl (C=O) groups excluding carboxylic acids is 1. The quantitative estimate of drug-likeness (QED) is 0.118. The summed E-state index contributed by atoms with van der Waals surface area (Å²) in [6.07, 6.45) is 0. The Morgan fingerprint density at radius 2 is 1.34 bits per heavy atom. The van der Waals surface area contributed by atoms with Crippen LogP contribution in [0.15, 0.2) is 108 Å². The van der Waals surface area contributed by atoms with Crippen LogP contribution in [-0.4, -0.2) is 37.6 Å². The van der Waals surface area contributed by atoms with Crippen LogP contribution >= 0.6 is 11.6 Å². The van der Waals surface area contributed by atoms with Gasteiger partial charge in [-0.2, -0.15) is 4.31 Å². The van der Waals surface area contributed by atoms with Gasteiger partial charge >= 0.3 is 0 Å². The van der Waals surface area contributed by atoms with Crippen molar-refractivity contribution in [1.29, 1.82) is 0 Å². The van der Waals surface area contributed by atoms with E-state index in [0.29, 0.717) is 10.6 Å². The maximum Gasteiger partial charge on any atom is 0.269 e. The van der Waals surface area contributed by atoms with Crippen molar-refractivity contribution < 1.29 is 26.6 Å². The normalized spacial score (nSPS) is 11.9. The molecule has 12 heteroatoms. The van der Waals surface area contributed by atoms with Crippen molar-refractivity contribution in [2.45, 2.75) is 23.7 Å². The number of rotatable bonds is 12. The van der Waals surface area contributed by atoms with Gasteiger partial charge in [-0.25, -0.2) is 16.8 Å². The Morgan fingerprint density at radius 1 is 0.756 bits per heavy atom. The Balaban J connectivity index is 1.50. The molecule has 0 unspecified atom stereocenters. The highest BCUT2D eigenvalue weighted by atomic mass is 35.5. The summed E-state index contributed by atoms with van der Waals surface area (Å²) < 4.78 is 53.6. The van der Waals surface area contributed by atoms with Crippen LogP contribution in [0.5, 0.6) is 0 Å². The standard InChI is InChI=1S/C29H25ClN2O7S2/c30-26-13-15-28(16-14-26)41(38,39)31(18-22-5-2-1-3-6-22)19-23-9-11-25(12-10-23)29(33)21-40(36,37)20-24-7-4-8-27(17-24)32(34)35/h1-17H,18-21H2. The van der Waals surface area contributed by atoms with Crippen molar-refractivity contribution in [1.82, 2.24) is 4.31 Å². The van der Waals surface area contributed by atoms with E-state index in [1.54, 1.807) is 12.1 Å². The Morgan fingerprint density at radius 3 is 1.95 bits per heavy atom. The zero-order valence-electron chi connectivity index (χ0n) is 21.6. The molecule has 0 saturated heterocycles. The van der Waals surface area contributed by atoms with Crippen LogP contribution in [0.3, 0.4) is 0 Å². The minimum atomic E-state index is -3.92. The van der Waals surface area contributed by atoms with Gasteiger partial charge in [-0.05, 0) is 41.0 Å². The lowest BCUT2D eigenvalue weighted by Crippen LogP contribution is -2.30. The molecule has 0 radical (unpaired) electrons. The van der Waals surface area contributed by atoms with Gasteiger partial charge < -0.3 is 0 Å². The molecule has 4 rings (SSSR count). The molecule has 9 nitrogen and oxygen atoms in total. The van der Waals surface area contributed by atoms with Gasteiger partial charge in [0.1, 0.15) is 5.75 Å². The lowest BCUT2D eigenvalue weighted by molar-refractivity contribution is -0.384. The third kappa shape index (κ3) is 8.08. The minimum Gasteiger partial charge on any atom is -0.293 e. The number of non-ortho nitro benzene ring substituents is 1.